The molecule has 0 aromatic carbocycles. The van der Waals surface area contributed by atoms with Crippen molar-refractivity contribution in [1.29, 1.82) is 0 Å². The molecule has 2 nitrogen and oxygen atoms in total. The van der Waals surface area contributed by atoms with Crippen LogP contribution in [0.25, 0.3) is 0 Å². The first kappa shape index (κ1) is 13.9. The molecule has 2 heteroatoms. The summed E-state index contributed by atoms with van der Waals surface area (Å²) in [6, 6.07) is 0.889. The van der Waals surface area contributed by atoms with E-state index in [2.05, 4.69) is 9.80 Å². The lowest BCUT2D eigenvalue weighted by molar-refractivity contribution is 0.132. The number of hydrogen-bond donors (Lipinski definition) is 0. The molecule has 1 saturated carbocycles. The molecule has 0 N–H and O–H groups in total. The molecule has 0 aromatic rings. The molecule has 0 aromatic heterocycles. The number of likely N-dealkylation sites (tertiary alicyclic amines) is 2. The van der Waals surface area contributed by atoms with Gasteiger partial charge in [0.2, 0.25) is 0 Å². The topological polar surface area (TPSA) is 6.48 Å². The second-order valence-corrected chi connectivity index (χ2v) is 7.16. The summed E-state index contributed by atoms with van der Waals surface area (Å²) in [6.45, 7) is 6.90. The lowest BCUT2D eigenvalue weighted by Crippen LogP contribution is -2.44. The van der Waals surface area contributed by atoms with Gasteiger partial charge in [0, 0.05) is 19.1 Å². The molecular weight excluding hydrogens is 232 g/mol. The van der Waals surface area contributed by atoms with Crippen molar-refractivity contribution in [3.63, 3.8) is 0 Å². The Morgan fingerprint density at radius 3 is 2.16 bits per heavy atom. The zero-order valence-electron chi connectivity index (χ0n) is 12.7. The standard InChI is InChI=1S/C17H32N2/c1-3-8-16(9-4-1)14-19-13-7-10-17(19)15-18-11-5-2-6-12-18/h16-17H,1-15H2. The van der Waals surface area contributed by atoms with Crippen molar-refractivity contribution < 1.29 is 0 Å². The summed E-state index contributed by atoms with van der Waals surface area (Å²) in [5.41, 5.74) is 0. The fourth-order valence-corrected chi connectivity index (χ4v) is 4.48. The third kappa shape index (κ3) is 3.95. The molecule has 19 heavy (non-hydrogen) atoms. The van der Waals surface area contributed by atoms with E-state index < -0.39 is 0 Å². The number of piperidine rings is 1. The van der Waals surface area contributed by atoms with E-state index in [1.807, 2.05) is 0 Å². The molecule has 2 heterocycles. The molecule has 3 fully saturated rings. The van der Waals surface area contributed by atoms with Gasteiger partial charge in [0.05, 0.1) is 0 Å². The van der Waals surface area contributed by atoms with E-state index in [1.54, 1.807) is 0 Å². The maximum atomic E-state index is 2.85. The lowest BCUT2D eigenvalue weighted by Gasteiger charge is -2.35. The van der Waals surface area contributed by atoms with Crippen molar-refractivity contribution in [3.05, 3.63) is 0 Å². The lowest BCUT2D eigenvalue weighted by atomic mass is 9.89. The highest BCUT2D eigenvalue weighted by molar-refractivity contribution is 4.84. The quantitative estimate of drug-likeness (QED) is 0.766. The summed E-state index contributed by atoms with van der Waals surface area (Å²) in [4.78, 5) is 5.60. The number of rotatable bonds is 4. The molecule has 0 radical (unpaired) electrons. The van der Waals surface area contributed by atoms with E-state index >= 15 is 0 Å². The normalized spacial score (nSPS) is 31.9. The van der Waals surface area contributed by atoms with Crippen molar-refractivity contribution >= 4 is 0 Å². The average molecular weight is 264 g/mol. The Hall–Kier alpha value is -0.0800. The Morgan fingerprint density at radius 2 is 1.37 bits per heavy atom. The zero-order chi connectivity index (χ0) is 12.9. The average Bonchev–Trinajstić information content (AvgIpc) is 2.88. The highest BCUT2D eigenvalue weighted by Crippen LogP contribution is 2.28. The van der Waals surface area contributed by atoms with Crippen molar-refractivity contribution in [2.75, 3.05) is 32.7 Å². The van der Waals surface area contributed by atoms with Crippen LogP contribution in [0.15, 0.2) is 0 Å². The summed E-state index contributed by atoms with van der Waals surface area (Å²) in [6.07, 6.45) is 14.8. The number of nitrogens with zero attached hydrogens (tertiary/aromatic N) is 2. The molecule has 110 valence electrons. The molecule has 1 aliphatic carbocycles. The van der Waals surface area contributed by atoms with Crippen LogP contribution in [0.3, 0.4) is 0 Å². The van der Waals surface area contributed by atoms with Crippen LogP contribution >= 0.6 is 0 Å². The molecule has 2 aliphatic heterocycles. The summed E-state index contributed by atoms with van der Waals surface area (Å²) in [5, 5.41) is 0. The maximum absolute atomic E-state index is 2.85. The fraction of sp³-hybridized carbons (Fsp3) is 1.00. The molecular formula is C17H32N2. The molecule has 3 rings (SSSR count). The highest BCUT2D eigenvalue weighted by atomic mass is 15.2. The second kappa shape index (κ2) is 7.08. The third-order valence-corrected chi connectivity index (χ3v) is 5.63. The van der Waals surface area contributed by atoms with Crippen molar-refractivity contribution in [2.45, 2.75) is 70.3 Å². The Kier molecular flexibility index (Phi) is 5.17. The predicted molar refractivity (Wildman–Crippen MR) is 81.5 cm³/mol. The van der Waals surface area contributed by atoms with Gasteiger partial charge in [-0.15, -0.1) is 0 Å². The van der Waals surface area contributed by atoms with Gasteiger partial charge in [-0.05, 0) is 64.1 Å². The van der Waals surface area contributed by atoms with Gasteiger partial charge in [0.15, 0.2) is 0 Å². The van der Waals surface area contributed by atoms with Crippen molar-refractivity contribution in [1.82, 2.24) is 9.80 Å². The molecule has 0 spiro atoms. The minimum atomic E-state index is 0.889. The van der Waals surface area contributed by atoms with Crippen LogP contribution in [-0.2, 0) is 0 Å². The van der Waals surface area contributed by atoms with Crippen molar-refractivity contribution in [3.8, 4) is 0 Å². The van der Waals surface area contributed by atoms with Gasteiger partial charge in [-0.1, -0.05) is 25.7 Å². The zero-order valence-corrected chi connectivity index (χ0v) is 12.7. The van der Waals surface area contributed by atoms with Gasteiger partial charge in [-0.25, -0.2) is 0 Å². The first-order valence-corrected chi connectivity index (χ1v) is 8.88. The molecule has 0 amide bonds. The second-order valence-electron chi connectivity index (χ2n) is 7.16. The van der Waals surface area contributed by atoms with Gasteiger partial charge in [-0.2, -0.15) is 0 Å². The maximum Gasteiger partial charge on any atom is 0.0223 e. The molecule has 0 bridgehead atoms. The van der Waals surface area contributed by atoms with E-state index in [4.69, 9.17) is 0 Å². The summed E-state index contributed by atoms with van der Waals surface area (Å²) < 4.78 is 0. The Balaban J connectivity index is 1.46. The monoisotopic (exact) mass is 264 g/mol. The van der Waals surface area contributed by atoms with Gasteiger partial charge < -0.3 is 4.90 Å². The highest BCUT2D eigenvalue weighted by Gasteiger charge is 2.29. The molecule has 1 atom stereocenters. The van der Waals surface area contributed by atoms with Crippen LogP contribution in [0, 0.1) is 5.92 Å². The third-order valence-electron chi connectivity index (χ3n) is 5.63. The first-order chi connectivity index (χ1) is 9.42. The summed E-state index contributed by atoms with van der Waals surface area (Å²) in [5.74, 6) is 1.02. The summed E-state index contributed by atoms with van der Waals surface area (Å²) in [7, 11) is 0. The smallest absolute Gasteiger partial charge is 0.0223 e. The van der Waals surface area contributed by atoms with Crippen molar-refractivity contribution in [2.24, 2.45) is 5.92 Å². The molecule has 1 unspecified atom stereocenters. The Morgan fingerprint density at radius 1 is 0.632 bits per heavy atom. The van der Waals surface area contributed by atoms with E-state index in [1.165, 1.54) is 96.9 Å². The number of hydrogen-bond acceptors (Lipinski definition) is 2. The van der Waals surface area contributed by atoms with Crippen LogP contribution in [0.1, 0.15) is 64.2 Å². The van der Waals surface area contributed by atoms with Crippen LogP contribution in [-0.4, -0.2) is 48.6 Å². The van der Waals surface area contributed by atoms with Crippen LogP contribution in [0.5, 0.6) is 0 Å². The fourth-order valence-electron chi connectivity index (χ4n) is 4.48. The minimum absolute atomic E-state index is 0.889. The largest absolute Gasteiger partial charge is 0.302 e. The van der Waals surface area contributed by atoms with E-state index in [0.29, 0.717) is 0 Å². The van der Waals surface area contributed by atoms with Crippen LogP contribution < -0.4 is 0 Å². The van der Waals surface area contributed by atoms with Gasteiger partial charge >= 0.3 is 0 Å². The van der Waals surface area contributed by atoms with Gasteiger partial charge in [0.1, 0.15) is 0 Å². The molecule has 2 saturated heterocycles. The van der Waals surface area contributed by atoms with Crippen LogP contribution in [0.4, 0.5) is 0 Å². The van der Waals surface area contributed by atoms with E-state index in [9.17, 15) is 0 Å². The van der Waals surface area contributed by atoms with Gasteiger partial charge in [0.25, 0.3) is 0 Å². The minimum Gasteiger partial charge on any atom is -0.302 e. The predicted octanol–water partition coefficient (Wildman–Crippen LogP) is 3.52. The Labute approximate surface area is 119 Å². The Bertz CT molecular complexity index is 228. The summed E-state index contributed by atoms with van der Waals surface area (Å²) >= 11 is 0. The van der Waals surface area contributed by atoms with Gasteiger partial charge in [-0.3, -0.25) is 4.90 Å². The SMILES string of the molecule is C1CCC(CN2CCCC2CN2CCCCC2)CC1. The van der Waals surface area contributed by atoms with Crippen LogP contribution in [0.2, 0.25) is 0 Å². The first-order valence-electron chi connectivity index (χ1n) is 8.88. The van der Waals surface area contributed by atoms with E-state index in [0.717, 1.165) is 12.0 Å². The molecule has 3 aliphatic rings. The van der Waals surface area contributed by atoms with E-state index in [-0.39, 0.29) is 0 Å².